The van der Waals surface area contributed by atoms with E-state index in [1.54, 1.807) is 4.57 Å². The van der Waals surface area contributed by atoms with E-state index in [2.05, 4.69) is 13.8 Å². The molecule has 174 valence electrons. The zero-order valence-electron chi connectivity index (χ0n) is 19.2. The van der Waals surface area contributed by atoms with Gasteiger partial charge < -0.3 is 4.74 Å². The van der Waals surface area contributed by atoms with Gasteiger partial charge in [-0.15, -0.1) is 11.3 Å². The minimum atomic E-state index is -0.0366. The third-order valence-electron chi connectivity index (χ3n) is 6.15. The predicted molar refractivity (Wildman–Crippen MR) is 138 cm³/mol. The molecule has 2 aromatic carbocycles. The maximum Gasteiger partial charge on any atom is 0.263 e. The monoisotopic (exact) mass is 490 g/mol. The molecule has 0 radical (unpaired) electrons. The van der Waals surface area contributed by atoms with Gasteiger partial charge in [0.1, 0.15) is 4.83 Å². The molecule has 1 atom stereocenters. The summed E-state index contributed by atoms with van der Waals surface area (Å²) in [5.74, 6) is 0.617. The molecule has 0 saturated heterocycles. The molecule has 0 bridgehead atoms. The highest BCUT2D eigenvalue weighted by Gasteiger charge is 2.28. The van der Waals surface area contributed by atoms with Crippen molar-refractivity contribution in [1.82, 2.24) is 9.55 Å². The van der Waals surface area contributed by atoms with Gasteiger partial charge in [-0.25, -0.2) is 4.98 Å². The summed E-state index contributed by atoms with van der Waals surface area (Å²) in [6, 6.07) is 19.1. The van der Waals surface area contributed by atoms with Crippen molar-refractivity contribution in [2.24, 2.45) is 5.92 Å². The number of rotatable bonds is 7. The van der Waals surface area contributed by atoms with Crippen LogP contribution in [0.3, 0.4) is 0 Å². The molecule has 7 heteroatoms. The molecule has 5 rings (SSSR count). The number of ketones is 1. The van der Waals surface area contributed by atoms with Crippen molar-refractivity contribution in [3.63, 3.8) is 0 Å². The first-order chi connectivity index (χ1) is 16.5. The van der Waals surface area contributed by atoms with Crippen LogP contribution in [0.4, 0.5) is 0 Å². The van der Waals surface area contributed by atoms with Crippen molar-refractivity contribution < 1.29 is 9.53 Å². The fourth-order valence-electron chi connectivity index (χ4n) is 4.22. The molecular weight excluding hydrogens is 464 g/mol. The Bertz CT molecular complexity index is 1380. The lowest BCUT2D eigenvalue weighted by atomic mass is 9.96. The number of benzene rings is 2. The zero-order chi connectivity index (χ0) is 23.7. The summed E-state index contributed by atoms with van der Waals surface area (Å²) < 4.78 is 7.77. The van der Waals surface area contributed by atoms with Gasteiger partial charge in [-0.1, -0.05) is 86.3 Å². The van der Waals surface area contributed by atoms with Crippen LogP contribution in [0.25, 0.3) is 10.2 Å². The van der Waals surface area contributed by atoms with E-state index in [4.69, 9.17) is 9.72 Å². The Labute approximate surface area is 206 Å². The van der Waals surface area contributed by atoms with E-state index in [1.807, 2.05) is 60.7 Å². The van der Waals surface area contributed by atoms with Crippen LogP contribution in [0, 0.1) is 5.92 Å². The Morgan fingerprint density at radius 3 is 2.56 bits per heavy atom. The molecule has 2 aromatic heterocycles. The van der Waals surface area contributed by atoms with Crippen molar-refractivity contribution in [3.8, 4) is 0 Å². The zero-order valence-corrected chi connectivity index (χ0v) is 20.8. The van der Waals surface area contributed by atoms with Crippen molar-refractivity contribution in [2.45, 2.75) is 44.7 Å². The van der Waals surface area contributed by atoms with Crippen LogP contribution in [-0.4, -0.2) is 27.2 Å². The SMILES string of the molecule is CC(C)C1Cc2c(sc3nc(SCC(=O)c4ccccc4)n(Cc4ccccc4)c(=O)c23)CO1. The highest BCUT2D eigenvalue weighted by atomic mass is 32.2. The quantitative estimate of drug-likeness (QED) is 0.192. The van der Waals surface area contributed by atoms with Crippen LogP contribution in [-0.2, 0) is 24.3 Å². The molecule has 4 aromatic rings. The highest BCUT2D eigenvalue weighted by Crippen LogP contribution is 2.36. The van der Waals surface area contributed by atoms with Gasteiger partial charge in [0, 0.05) is 16.9 Å². The minimum Gasteiger partial charge on any atom is -0.372 e. The van der Waals surface area contributed by atoms with E-state index in [0.717, 1.165) is 27.3 Å². The molecule has 0 amide bonds. The Morgan fingerprint density at radius 1 is 1.15 bits per heavy atom. The van der Waals surface area contributed by atoms with E-state index < -0.39 is 0 Å². The second-order valence-electron chi connectivity index (χ2n) is 8.83. The number of hydrogen-bond acceptors (Lipinski definition) is 6. The first-order valence-corrected chi connectivity index (χ1v) is 13.2. The molecule has 1 aliphatic rings. The third-order valence-corrected chi connectivity index (χ3v) is 8.22. The van der Waals surface area contributed by atoms with Crippen molar-refractivity contribution >= 4 is 39.1 Å². The summed E-state index contributed by atoms with van der Waals surface area (Å²) >= 11 is 2.87. The summed E-state index contributed by atoms with van der Waals surface area (Å²) in [6.45, 7) is 5.23. The fourth-order valence-corrected chi connectivity index (χ4v) is 6.28. The molecule has 0 fully saturated rings. The number of aromatic nitrogens is 2. The number of carbonyl (C=O) groups is 1. The average molecular weight is 491 g/mol. The number of nitrogens with zero attached hydrogens (tertiary/aromatic N) is 2. The van der Waals surface area contributed by atoms with E-state index in [1.165, 1.54) is 23.1 Å². The smallest absolute Gasteiger partial charge is 0.263 e. The van der Waals surface area contributed by atoms with Crippen LogP contribution >= 0.6 is 23.1 Å². The molecule has 1 aliphatic heterocycles. The van der Waals surface area contributed by atoms with Crippen LogP contribution in [0.2, 0.25) is 0 Å². The number of ether oxygens (including phenoxy) is 1. The molecule has 3 heterocycles. The summed E-state index contributed by atoms with van der Waals surface area (Å²) in [5, 5.41) is 1.29. The fraction of sp³-hybridized carbons (Fsp3) is 0.296. The van der Waals surface area contributed by atoms with Gasteiger partial charge in [0.25, 0.3) is 5.56 Å². The van der Waals surface area contributed by atoms with Crippen LogP contribution < -0.4 is 5.56 Å². The average Bonchev–Trinajstić information content (AvgIpc) is 3.23. The lowest BCUT2D eigenvalue weighted by molar-refractivity contribution is 0.00200. The number of thioether (sulfide) groups is 1. The standard InChI is InChI=1S/C27H26N2O3S2/c1-17(2)22-13-20-23(15-32-22)34-25-24(20)26(31)29(14-18-9-5-3-6-10-18)27(28-25)33-16-21(30)19-11-7-4-8-12-19/h3-12,17,22H,13-16H2,1-2H3. The van der Waals surface area contributed by atoms with Crippen molar-refractivity contribution in [1.29, 1.82) is 0 Å². The maximum atomic E-state index is 13.9. The number of carbonyl (C=O) groups excluding carboxylic acids is 1. The van der Waals surface area contributed by atoms with Gasteiger partial charge in [0.2, 0.25) is 0 Å². The molecule has 34 heavy (non-hydrogen) atoms. The lowest BCUT2D eigenvalue weighted by Gasteiger charge is -2.26. The van der Waals surface area contributed by atoms with Crippen LogP contribution in [0.1, 0.15) is 40.2 Å². The maximum absolute atomic E-state index is 13.9. The van der Waals surface area contributed by atoms with Gasteiger partial charge in [-0.3, -0.25) is 14.2 Å². The lowest BCUT2D eigenvalue weighted by Crippen LogP contribution is -2.29. The molecule has 0 N–H and O–H groups in total. The van der Waals surface area contributed by atoms with E-state index >= 15 is 0 Å². The molecule has 0 saturated carbocycles. The summed E-state index contributed by atoms with van der Waals surface area (Å²) in [5.41, 5.74) is 2.73. The van der Waals surface area contributed by atoms with E-state index in [0.29, 0.717) is 35.2 Å². The first-order valence-electron chi connectivity index (χ1n) is 11.4. The van der Waals surface area contributed by atoms with Gasteiger partial charge >= 0.3 is 0 Å². The van der Waals surface area contributed by atoms with Gasteiger partial charge in [-0.2, -0.15) is 0 Å². The second-order valence-corrected chi connectivity index (χ2v) is 10.9. The third kappa shape index (κ3) is 4.60. The van der Waals surface area contributed by atoms with E-state index in [9.17, 15) is 9.59 Å². The number of Topliss-reactive ketones (excluding diaryl/α,β-unsaturated/α-hetero) is 1. The van der Waals surface area contributed by atoms with E-state index in [-0.39, 0.29) is 23.2 Å². The number of hydrogen-bond donors (Lipinski definition) is 0. The van der Waals surface area contributed by atoms with Gasteiger partial charge in [-0.05, 0) is 17.0 Å². The van der Waals surface area contributed by atoms with Crippen LogP contribution in [0.5, 0.6) is 0 Å². The Hall–Kier alpha value is -2.74. The van der Waals surface area contributed by atoms with Gasteiger partial charge in [0.05, 0.1) is 30.4 Å². The van der Waals surface area contributed by atoms with Gasteiger partial charge in [0.15, 0.2) is 10.9 Å². The molecule has 0 aliphatic carbocycles. The Kier molecular flexibility index (Phi) is 6.68. The highest BCUT2D eigenvalue weighted by molar-refractivity contribution is 7.99. The van der Waals surface area contributed by atoms with Crippen molar-refractivity contribution in [3.05, 3.63) is 92.6 Å². The Balaban J connectivity index is 1.56. The summed E-state index contributed by atoms with van der Waals surface area (Å²) in [6.07, 6.45) is 0.832. The summed E-state index contributed by atoms with van der Waals surface area (Å²) in [7, 11) is 0. The minimum absolute atomic E-state index is 0.0184. The second kappa shape index (κ2) is 9.86. The summed E-state index contributed by atoms with van der Waals surface area (Å²) in [4.78, 5) is 33.3. The topological polar surface area (TPSA) is 61.2 Å². The normalized spacial score (nSPS) is 15.6. The molecule has 0 spiro atoms. The largest absolute Gasteiger partial charge is 0.372 e. The molecule has 1 unspecified atom stereocenters. The van der Waals surface area contributed by atoms with Crippen LogP contribution in [0.15, 0.2) is 70.6 Å². The number of fused-ring (bicyclic) bond motifs is 3. The molecule has 5 nitrogen and oxygen atoms in total. The number of thiophene rings is 1. The Morgan fingerprint density at radius 2 is 1.85 bits per heavy atom. The van der Waals surface area contributed by atoms with Crippen molar-refractivity contribution in [2.75, 3.05) is 5.75 Å². The first kappa shape index (κ1) is 23.0. The molecular formula is C27H26N2O3S2. The predicted octanol–water partition coefficient (Wildman–Crippen LogP) is 5.58.